The van der Waals surface area contributed by atoms with Crippen LogP contribution in [0.5, 0.6) is 0 Å². The van der Waals surface area contributed by atoms with E-state index in [-0.39, 0.29) is 5.97 Å². The lowest BCUT2D eigenvalue weighted by Gasteiger charge is -2.08. The number of fused-ring (bicyclic) bond motifs is 1. The van der Waals surface area contributed by atoms with Crippen molar-refractivity contribution in [3.8, 4) is 0 Å². The van der Waals surface area contributed by atoms with Crippen LogP contribution >= 0.6 is 11.8 Å². The van der Waals surface area contributed by atoms with Crippen LogP contribution in [0.2, 0.25) is 0 Å². The minimum absolute atomic E-state index is 0.351. The van der Waals surface area contributed by atoms with E-state index in [1.165, 1.54) is 0 Å². The van der Waals surface area contributed by atoms with Crippen LogP contribution in [-0.4, -0.2) is 17.6 Å². The summed E-state index contributed by atoms with van der Waals surface area (Å²) in [6, 6.07) is 18.2. The summed E-state index contributed by atoms with van der Waals surface area (Å²) in [4.78, 5) is 18.8. The molecule has 0 aliphatic rings. The molecule has 2 aromatic carbocycles. The van der Waals surface area contributed by atoms with E-state index >= 15 is 0 Å². The molecule has 0 saturated heterocycles. The Balaban J connectivity index is 1.89. The van der Waals surface area contributed by atoms with Gasteiger partial charge in [0, 0.05) is 21.4 Å². The number of aromatic nitrogens is 1. The summed E-state index contributed by atoms with van der Waals surface area (Å²) in [5.41, 5.74) is 0.388. The first kappa shape index (κ1) is 16.5. The molecule has 1 aromatic heterocycles. The summed E-state index contributed by atoms with van der Waals surface area (Å²) >= 11 is 1.66. The van der Waals surface area contributed by atoms with Gasteiger partial charge >= 0.3 is 5.97 Å². The standard InChI is InChI=1S/C20H19NO2S/c1-2-3-13-23-20(22)19-18-14-17(10-9-15(18)11-12-21-19)24-16-7-5-4-6-8-16/h4-12,14H,2-3,13H2,1H3. The van der Waals surface area contributed by atoms with Crippen LogP contribution in [-0.2, 0) is 4.74 Å². The van der Waals surface area contributed by atoms with Gasteiger partial charge in [-0.25, -0.2) is 9.78 Å². The highest BCUT2D eigenvalue weighted by Crippen LogP contribution is 2.30. The Hall–Kier alpha value is -2.33. The van der Waals surface area contributed by atoms with Crippen LogP contribution in [0.3, 0.4) is 0 Å². The Kier molecular flexibility index (Phi) is 5.49. The minimum atomic E-state index is -0.351. The third kappa shape index (κ3) is 3.95. The van der Waals surface area contributed by atoms with Gasteiger partial charge in [0.25, 0.3) is 0 Å². The molecule has 0 saturated carbocycles. The van der Waals surface area contributed by atoms with Crippen molar-refractivity contribution >= 4 is 28.5 Å². The molecule has 0 unspecified atom stereocenters. The van der Waals surface area contributed by atoms with Gasteiger partial charge in [0.1, 0.15) is 0 Å². The van der Waals surface area contributed by atoms with Crippen molar-refractivity contribution in [1.82, 2.24) is 4.98 Å². The number of carbonyl (C=O) groups is 1. The van der Waals surface area contributed by atoms with Crippen LogP contribution in [0.1, 0.15) is 30.3 Å². The van der Waals surface area contributed by atoms with Crippen molar-refractivity contribution in [1.29, 1.82) is 0 Å². The number of unbranched alkanes of at least 4 members (excludes halogenated alkanes) is 1. The van der Waals surface area contributed by atoms with Gasteiger partial charge < -0.3 is 4.74 Å². The van der Waals surface area contributed by atoms with E-state index in [0.717, 1.165) is 33.4 Å². The van der Waals surface area contributed by atoms with Crippen LogP contribution in [0.4, 0.5) is 0 Å². The zero-order valence-electron chi connectivity index (χ0n) is 13.6. The van der Waals surface area contributed by atoms with Gasteiger partial charge in [-0.15, -0.1) is 0 Å². The number of esters is 1. The van der Waals surface area contributed by atoms with E-state index in [1.54, 1.807) is 18.0 Å². The van der Waals surface area contributed by atoms with Crippen molar-refractivity contribution in [3.05, 3.63) is 66.5 Å². The molecule has 1 heterocycles. The van der Waals surface area contributed by atoms with E-state index in [4.69, 9.17) is 4.74 Å². The maximum absolute atomic E-state index is 12.3. The lowest BCUT2D eigenvalue weighted by Crippen LogP contribution is -2.09. The van der Waals surface area contributed by atoms with Crippen LogP contribution in [0.25, 0.3) is 10.8 Å². The molecule has 0 spiro atoms. The Morgan fingerprint density at radius 2 is 1.92 bits per heavy atom. The van der Waals surface area contributed by atoms with Crippen LogP contribution < -0.4 is 0 Å². The predicted octanol–water partition coefficient (Wildman–Crippen LogP) is 5.34. The fourth-order valence-electron chi connectivity index (χ4n) is 2.38. The quantitative estimate of drug-likeness (QED) is 0.449. The zero-order chi connectivity index (χ0) is 16.8. The Labute approximate surface area is 146 Å². The average molecular weight is 337 g/mol. The highest BCUT2D eigenvalue weighted by molar-refractivity contribution is 7.99. The number of rotatable bonds is 6. The normalized spacial score (nSPS) is 10.7. The molecule has 0 N–H and O–H groups in total. The van der Waals surface area contributed by atoms with Gasteiger partial charge in [0.05, 0.1) is 6.61 Å². The summed E-state index contributed by atoms with van der Waals surface area (Å²) in [5, 5.41) is 1.82. The molecule has 0 fully saturated rings. The molecule has 0 amide bonds. The highest BCUT2D eigenvalue weighted by atomic mass is 32.2. The largest absolute Gasteiger partial charge is 0.461 e. The summed E-state index contributed by atoms with van der Waals surface area (Å²) in [7, 11) is 0. The third-order valence-corrected chi connectivity index (χ3v) is 4.64. The van der Waals surface area contributed by atoms with Crippen molar-refractivity contribution in [3.63, 3.8) is 0 Å². The fraction of sp³-hybridized carbons (Fsp3) is 0.200. The molecule has 3 rings (SSSR count). The van der Waals surface area contributed by atoms with Crippen molar-refractivity contribution in [2.75, 3.05) is 6.61 Å². The van der Waals surface area contributed by atoms with Crippen LogP contribution in [0.15, 0.2) is 70.6 Å². The van der Waals surface area contributed by atoms with Gasteiger partial charge in [-0.3, -0.25) is 0 Å². The number of hydrogen-bond donors (Lipinski definition) is 0. The lowest BCUT2D eigenvalue weighted by atomic mass is 10.1. The summed E-state index contributed by atoms with van der Waals surface area (Å²) < 4.78 is 5.33. The SMILES string of the molecule is CCCCOC(=O)c1nccc2ccc(Sc3ccccc3)cc12. The predicted molar refractivity (Wildman–Crippen MR) is 97.5 cm³/mol. The lowest BCUT2D eigenvalue weighted by molar-refractivity contribution is 0.0495. The van der Waals surface area contributed by atoms with Crippen molar-refractivity contribution in [2.45, 2.75) is 29.6 Å². The van der Waals surface area contributed by atoms with Crippen molar-refractivity contribution in [2.24, 2.45) is 0 Å². The summed E-state index contributed by atoms with van der Waals surface area (Å²) in [5.74, 6) is -0.351. The Morgan fingerprint density at radius 3 is 2.71 bits per heavy atom. The molecule has 0 aliphatic heterocycles. The molecular weight excluding hydrogens is 318 g/mol. The minimum Gasteiger partial charge on any atom is -0.461 e. The molecule has 0 bridgehead atoms. The first-order valence-corrected chi connectivity index (χ1v) is 8.88. The molecule has 122 valence electrons. The second kappa shape index (κ2) is 7.97. The molecule has 0 radical (unpaired) electrons. The van der Waals surface area contributed by atoms with E-state index in [9.17, 15) is 4.79 Å². The molecule has 24 heavy (non-hydrogen) atoms. The number of ether oxygens (including phenoxy) is 1. The van der Waals surface area contributed by atoms with Gasteiger partial charge in [0.15, 0.2) is 5.69 Å². The second-order valence-corrected chi connectivity index (χ2v) is 6.59. The topological polar surface area (TPSA) is 39.2 Å². The first-order valence-electron chi connectivity index (χ1n) is 8.06. The number of nitrogens with zero attached hydrogens (tertiary/aromatic N) is 1. The Morgan fingerprint density at radius 1 is 1.08 bits per heavy atom. The first-order chi connectivity index (χ1) is 11.8. The van der Waals surface area contributed by atoms with Crippen molar-refractivity contribution < 1.29 is 9.53 Å². The maximum Gasteiger partial charge on any atom is 0.357 e. The van der Waals surface area contributed by atoms with Gasteiger partial charge in [-0.2, -0.15) is 0 Å². The van der Waals surface area contributed by atoms with Crippen LogP contribution in [0, 0.1) is 0 Å². The molecular formula is C20H19NO2S. The van der Waals surface area contributed by atoms with Gasteiger partial charge in [-0.1, -0.05) is 49.4 Å². The molecule has 3 nitrogen and oxygen atoms in total. The van der Waals surface area contributed by atoms with E-state index < -0.39 is 0 Å². The fourth-order valence-corrected chi connectivity index (χ4v) is 3.25. The third-order valence-electron chi connectivity index (χ3n) is 3.64. The van der Waals surface area contributed by atoms with E-state index in [1.807, 2.05) is 36.4 Å². The number of pyridine rings is 1. The van der Waals surface area contributed by atoms with Gasteiger partial charge in [0.2, 0.25) is 0 Å². The molecule has 0 atom stereocenters. The highest BCUT2D eigenvalue weighted by Gasteiger charge is 2.13. The molecule has 4 heteroatoms. The number of hydrogen-bond acceptors (Lipinski definition) is 4. The maximum atomic E-state index is 12.3. The van der Waals surface area contributed by atoms with E-state index in [2.05, 4.69) is 30.1 Å². The average Bonchev–Trinajstić information content (AvgIpc) is 2.62. The smallest absolute Gasteiger partial charge is 0.357 e. The molecule has 0 aliphatic carbocycles. The molecule has 3 aromatic rings. The number of benzene rings is 2. The Bertz CT molecular complexity index is 833. The van der Waals surface area contributed by atoms with E-state index in [0.29, 0.717) is 12.3 Å². The summed E-state index contributed by atoms with van der Waals surface area (Å²) in [6.07, 6.45) is 3.52. The monoisotopic (exact) mass is 337 g/mol. The zero-order valence-corrected chi connectivity index (χ0v) is 14.4. The second-order valence-electron chi connectivity index (χ2n) is 5.45. The van der Waals surface area contributed by atoms with Gasteiger partial charge in [-0.05, 0) is 42.1 Å². The number of carbonyl (C=O) groups excluding carboxylic acids is 1. The summed E-state index contributed by atoms with van der Waals surface area (Å²) in [6.45, 7) is 2.50.